The lowest BCUT2D eigenvalue weighted by atomic mass is 9.86. The van der Waals surface area contributed by atoms with Crippen molar-refractivity contribution in [2.45, 2.75) is 18.4 Å². The summed E-state index contributed by atoms with van der Waals surface area (Å²) in [5.74, 6) is 0.651. The molecule has 1 heterocycles. The van der Waals surface area contributed by atoms with Crippen LogP contribution in [0.4, 0.5) is 4.79 Å². The molecule has 4 heteroatoms. The highest BCUT2D eigenvalue weighted by Crippen LogP contribution is 2.42. The normalized spacial score (nSPS) is 27.9. The van der Waals surface area contributed by atoms with Crippen molar-refractivity contribution in [2.75, 3.05) is 13.1 Å². The third-order valence-electron chi connectivity index (χ3n) is 2.67. The van der Waals surface area contributed by atoms with Crippen LogP contribution in [0, 0.1) is 5.92 Å². The molecule has 1 saturated heterocycles. The third-order valence-corrected chi connectivity index (χ3v) is 2.67. The predicted octanol–water partition coefficient (Wildman–Crippen LogP) is -0.512. The molecule has 0 aromatic heterocycles. The minimum atomic E-state index is -0.341. The summed E-state index contributed by atoms with van der Waals surface area (Å²) in [6, 6.07) is -0.341. The molecule has 62 valence electrons. The summed E-state index contributed by atoms with van der Waals surface area (Å²) in [6.07, 6.45) is 2.45. The summed E-state index contributed by atoms with van der Waals surface area (Å²) >= 11 is 0. The molecule has 2 rings (SSSR count). The van der Waals surface area contributed by atoms with Crippen LogP contribution in [0.25, 0.3) is 0 Å². The van der Waals surface area contributed by atoms with Gasteiger partial charge in [0.15, 0.2) is 0 Å². The number of hydrogen-bond donors (Lipinski definition) is 2. The van der Waals surface area contributed by atoms with Gasteiger partial charge in [0.1, 0.15) is 0 Å². The zero-order valence-electron chi connectivity index (χ0n) is 6.42. The first-order valence-electron chi connectivity index (χ1n) is 3.95. The molecule has 11 heavy (non-hydrogen) atoms. The van der Waals surface area contributed by atoms with E-state index in [2.05, 4.69) is 0 Å². The Hall–Kier alpha value is -0.770. The van der Waals surface area contributed by atoms with Crippen molar-refractivity contribution in [3.05, 3.63) is 0 Å². The molecule has 0 aromatic carbocycles. The third kappa shape index (κ3) is 0.976. The zero-order valence-corrected chi connectivity index (χ0v) is 6.42. The second-order valence-electron chi connectivity index (χ2n) is 3.70. The summed E-state index contributed by atoms with van der Waals surface area (Å²) in [5, 5.41) is 0. The number of hydrogen-bond acceptors (Lipinski definition) is 2. The molecular formula is C7H13N3O. The molecule has 0 radical (unpaired) electrons. The van der Waals surface area contributed by atoms with Crippen LogP contribution < -0.4 is 11.5 Å². The van der Waals surface area contributed by atoms with Crippen molar-refractivity contribution >= 4 is 6.03 Å². The van der Waals surface area contributed by atoms with Gasteiger partial charge in [0.2, 0.25) is 0 Å². The Morgan fingerprint density at radius 2 is 2.00 bits per heavy atom. The highest BCUT2D eigenvalue weighted by Gasteiger charge is 2.51. The predicted molar refractivity (Wildman–Crippen MR) is 40.8 cm³/mol. The molecule has 1 aliphatic carbocycles. The van der Waals surface area contributed by atoms with Crippen LogP contribution in [0.3, 0.4) is 0 Å². The molecule has 0 bridgehead atoms. The second kappa shape index (κ2) is 1.88. The SMILES string of the molecule is NC(=O)N1CC(N)(C2CC2)C1. The lowest BCUT2D eigenvalue weighted by Gasteiger charge is -2.47. The number of urea groups is 1. The molecule has 2 amide bonds. The maximum absolute atomic E-state index is 10.6. The van der Waals surface area contributed by atoms with Gasteiger partial charge in [-0.25, -0.2) is 4.79 Å². The standard InChI is InChI=1S/C7H13N3O/c8-6(11)10-3-7(9,4-10)5-1-2-5/h5H,1-4,9H2,(H2,8,11). The molecule has 4 nitrogen and oxygen atoms in total. The smallest absolute Gasteiger partial charge is 0.314 e. The molecule has 1 saturated carbocycles. The number of rotatable bonds is 1. The van der Waals surface area contributed by atoms with Gasteiger partial charge in [-0.2, -0.15) is 0 Å². The van der Waals surface area contributed by atoms with E-state index in [9.17, 15) is 4.79 Å². The monoisotopic (exact) mass is 155 g/mol. The van der Waals surface area contributed by atoms with Crippen molar-refractivity contribution in [2.24, 2.45) is 17.4 Å². The molecule has 4 N–H and O–H groups in total. The van der Waals surface area contributed by atoms with Crippen molar-refractivity contribution < 1.29 is 4.79 Å². The average Bonchev–Trinajstić information content (AvgIpc) is 2.60. The number of carbonyl (C=O) groups excluding carboxylic acids is 1. The van der Waals surface area contributed by atoms with E-state index in [1.807, 2.05) is 0 Å². The van der Waals surface area contributed by atoms with Gasteiger partial charge in [-0.1, -0.05) is 0 Å². The van der Waals surface area contributed by atoms with Gasteiger partial charge in [0.25, 0.3) is 0 Å². The van der Waals surface area contributed by atoms with E-state index in [1.54, 1.807) is 4.90 Å². The quantitative estimate of drug-likeness (QED) is 0.535. The number of likely N-dealkylation sites (tertiary alicyclic amines) is 1. The number of carbonyl (C=O) groups is 1. The fourth-order valence-electron chi connectivity index (χ4n) is 1.74. The Labute approximate surface area is 65.5 Å². The van der Waals surface area contributed by atoms with E-state index in [0.29, 0.717) is 19.0 Å². The molecule has 0 unspecified atom stereocenters. The van der Waals surface area contributed by atoms with Gasteiger partial charge in [0.05, 0.1) is 5.54 Å². The van der Waals surface area contributed by atoms with Gasteiger partial charge in [-0.05, 0) is 18.8 Å². The molecule has 2 aliphatic rings. The van der Waals surface area contributed by atoms with E-state index in [-0.39, 0.29) is 11.6 Å². The van der Waals surface area contributed by atoms with Gasteiger partial charge in [0, 0.05) is 13.1 Å². The van der Waals surface area contributed by atoms with Crippen LogP contribution >= 0.6 is 0 Å². The molecular weight excluding hydrogens is 142 g/mol. The Bertz CT molecular complexity index is 194. The van der Waals surface area contributed by atoms with Crippen LogP contribution in [0.1, 0.15) is 12.8 Å². The molecule has 2 fully saturated rings. The first-order valence-corrected chi connectivity index (χ1v) is 3.95. The van der Waals surface area contributed by atoms with Gasteiger partial charge >= 0.3 is 6.03 Å². The van der Waals surface area contributed by atoms with E-state index >= 15 is 0 Å². The second-order valence-corrected chi connectivity index (χ2v) is 3.70. The summed E-state index contributed by atoms with van der Waals surface area (Å²) in [5.41, 5.74) is 11.0. The highest BCUT2D eigenvalue weighted by atomic mass is 16.2. The fourth-order valence-corrected chi connectivity index (χ4v) is 1.74. The fraction of sp³-hybridized carbons (Fsp3) is 0.857. The van der Waals surface area contributed by atoms with E-state index in [4.69, 9.17) is 11.5 Å². The van der Waals surface area contributed by atoms with Crippen LogP contribution in [-0.2, 0) is 0 Å². The molecule has 0 spiro atoms. The Balaban J connectivity index is 1.90. The lowest BCUT2D eigenvalue weighted by Crippen LogP contribution is -2.70. The number of amides is 2. The largest absolute Gasteiger partial charge is 0.351 e. The first-order chi connectivity index (χ1) is 5.12. The number of nitrogens with two attached hydrogens (primary N) is 2. The van der Waals surface area contributed by atoms with Crippen LogP contribution in [0.5, 0.6) is 0 Å². The van der Waals surface area contributed by atoms with Crippen LogP contribution in [-0.4, -0.2) is 29.6 Å². The average molecular weight is 155 g/mol. The lowest BCUT2D eigenvalue weighted by molar-refractivity contribution is 0.0870. The van der Waals surface area contributed by atoms with Crippen molar-refractivity contribution in [3.8, 4) is 0 Å². The Morgan fingerprint density at radius 1 is 1.45 bits per heavy atom. The summed E-state index contributed by atoms with van der Waals surface area (Å²) < 4.78 is 0. The Kier molecular flexibility index (Phi) is 1.18. The summed E-state index contributed by atoms with van der Waals surface area (Å²) in [6.45, 7) is 1.32. The summed E-state index contributed by atoms with van der Waals surface area (Å²) in [4.78, 5) is 12.2. The zero-order chi connectivity index (χ0) is 8.06. The Morgan fingerprint density at radius 3 is 2.36 bits per heavy atom. The van der Waals surface area contributed by atoms with E-state index in [0.717, 1.165) is 0 Å². The van der Waals surface area contributed by atoms with Gasteiger partial charge < -0.3 is 16.4 Å². The van der Waals surface area contributed by atoms with Crippen LogP contribution in [0.15, 0.2) is 0 Å². The minimum absolute atomic E-state index is 0.0883. The first kappa shape index (κ1) is 6.91. The molecule has 0 atom stereocenters. The van der Waals surface area contributed by atoms with E-state index in [1.165, 1.54) is 12.8 Å². The van der Waals surface area contributed by atoms with Crippen molar-refractivity contribution in [3.63, 3.8) is 0 Å². The molecule has 1 aliphatic heterocycles. The number of nitrogens with zero attached hydrogens (tertiary/aromatic N) is 1. The minimum Gasteiger partial charge on any atom is -0.351 e. The highest BCUT2D eigenvalue weighted by molar-refractivity contribution is 5.73. The maximum Gasteiger partial charge on any atom is 0.314 e. The van der Waals surface area contributed by atoms with Crippen molar-refractivity contribution in [1.82, 2.24) is 4.90 Å². The maximum atomic E-state index is 10.6. The summed E-state index contributed by atoms with van der Waals surface area (Å²) in [7, 11) is 0. The molecule has 0 aromatic rings. The topological polar surface area (TPSA) is 72.4 Å². The van der Waals surface area contributed by atoms with E-state index < -0.39 is 0 Å². The van der Waals surface area contributed by atoms with Gasteiger partial charge in [-0.15, -0.1) is 0 Å². The van der Waals surface area contributed by atoms with Crippen LogP contribution in [0.2, 0.25) is 0 Å². The van der Waals surface area contributed by atoms with Crippen molar-refractivity contribution in [1.29, 1.82) is 0 Å². The number of primary amides is 1. The van der Waals surface area contributed by atoms with Gasteiger partial charge in [-0.3, -0.25) is 0 Å².